The van der Waals surface area contributed by atoms with E-state index in [1.54, 1.807) is 12.1 Å². The second kappa shape index (κ2) is 4.75. The second-order valence-corrected chi connectivity index (χ2v) is 4.93. The summed E-state index contributed by atoms with van der Waals surface area (Å²) in [4.78, 5) is 11.4. The zero-order chi connectivity index (χ0) is 12.4. The van der Waals surface area contributed by atoms with E-state index in [0.717, 1.165) is 14.7 Å². The molecular formula is C13H11IN2O. The van der Waals surface area contributed by atoms with Crippen molar-refractivity contribution in [3.05, 3.63) is 51.6 Å². The van der Waals surface area contributed by atoms with Crippen LogP contribution in [0, 0.1) is 3.57 Å². The highest BCUT2D eigenvalue weighted by Gasteiger charge is 2.10. The van der Waals surface area contributed by atoms with Crippen molar-refractivity contribution < 1.29 is 4.79 Å². The van der Waals surface area contributed by atoms with E-state index >= 15 is 0 Å². The van der Waals surface area contributed by atoms with E-state index < -0.39 is 5.91 Å². The van der Waals surface area contributed by atoms with Gasteiger partial charge in [0.05, 0.1) is 0 Å². The van der Waals surface area contributed by atoms with E-state index in [1.165, 1.54) is 0 Å². The number of amides is 1. The molecule has 0 aliphatic rings. The lowest BCUT2D eigenvalue weighted by molar-refractivity contribution is 0.100. The molecule has 3 nitrogen and oxygen atoms in total. The van der Waals surface area contributed by atoms with Crippen molar-refractivity contribution >= 4 is 34.2 Å². The Bertz CT molecular complexity index is 581. The van der Waals surface area contributed by atoms with E-state index in [4.69, 9.17) is 11.5 Å². The van der Waals surface area contributed by atoms with Gasteiger partial charge in [-0.15, -0.1) is 0 Å². The van der Waals surface area contributed by atoms with Gasteiger partial charge in [-0.05, 0) is 58.0 Å². The van der Waals surface area contributed by atoms with Crippen LogP contribution in [0.15, 0.2) is 42.5 Å². The molecule has 2 aromatic rings. The molecule has 0 spiro atoms. The summed E-state index contributed by atoms with van der Waals surface area (Å²) in [7, 11) is 0. The van der Waals surface area contributed by atoms with Crippen LogP contribution in [0.4, 0.5) is 5.69 Å². The Labute approximate surface area is 113 Å². The Morgan fingerprint density at radius 2 is 1.88 bits per heavy atom. The summed E-state index contributed by atoms with van der Waals surface area (Å²) in [5, 5.41) is 0. The van der Waals surface area contributed by atoms with E-state index in [2.05, 4.69) is 22.6 Å². The number of rotatable bonds is 2. The summed E-state index contributed by atoms with van der Waals surface area (Å²) >= 11 is 2.23. The first-order valence-electron chi connectivity index (χ1n) is 5.03. The number of nitrogens with two attached hydrogens (primary N) is 2. The summed E-state index contributed by atoms with van der Waals surface area (Å²) in [6, 6.07) is 13.1. The number of benzene rings is 2. The molecule has 0 radical (unpaired) electrons. The lowest BCUT2D eigenvalue weighted by atomic mass is 9.99. The van der Waals surface area contributed by atoms with Crippen LogP contribution in [0.2, 0.25) is 0 Å². The molecule has 86 valence electrons. The summed E-state index contributed by atoms with van der Waals surface area (Å²) in [5.41, 5.74) is 13.8. The molecule has 0 atom stereocenters. The van der Waals surface area contributed by atoms with Gasteiger partial charge in [-0.3, -0.25) is 4.79 Å². The van der Waals surface area contributed by atoms with Crippen LogP contribution < -0.4 is 11.5 Å². The predicted molar refractivity (Wildman–Crippen MR) is 77.5 cm³/mol. The van der Waals surface area contributed by atoms with Crippen molar-refractivity contribution in [1.82, 2.24) is 0 Å². The zero-order valence-electron chi connectivity index (χ0n) is 8.98. The van der Waals surface area contributed by atoms with E-state index in [9.17, 15) is 4.79 Å². The minimum Gasteiger partial charge on any atom is -0.399 e. The smallest absolute Gasteiger partial charge is 0.249 e. The molecule has 17 heavy (non-hydrogen) atoms. The van der Waals surface area contributed by atoms with E-state index in [0.29, 0.717) is 11.3 Å². The largest absolute Gasteiger partial charge is 0.399 e. The lowest BCUT2D eigenvalue weighted by Gasteiger charge is -2.08. The highest BCUT2D eigenvalue weighted by Crippen LogP contribution is 2.26. The van der Waals surface area contributed by atoms with Gasteiger partial charge in [-0.2, -0.15) is 0 Å². The summed E-state index contributed by atoms with van der Waals surface area (Å²) in [6.07, 6.45) is 0. The predicted octanol–water partition coefficient (Wildman–Crippen LogP) is 2.64. The van der Waals surface area contributed by atoms with Gasteiger partial charge >= 0.3 is 0 Å². The summed E-state index contributed by atoms with van der Waals surface area (Å²) in [5.74, 6) is -0.467. The summed E-state index contributed by atoms with van der Waals surface area (Å²) in [6.45, 7) is 0. The van der Waals surface area contributed by atoms with Crippen molar-refractivity contribution in [3.63, 3.8) is 0 Å². The number of anilines is 1. The van der Waals surface area contributed by atoms with Gasteiger partial charge in [0.1, 0.15) is 0 Å². The molecule has 2 rings (SSSR count). The number of nitrogen functional groups attached to an aromatic ring is 1. The fourth-order valence-electron chi connectivity index (χ4n) is 1.67. The normalized spacial score (nSPS) is 10.2. The first-order chi connectivity index (χ1) is 8.08. The topological polar surface area (TPSA) is 69.1 Å². The molecule has 0 bridgehead atoms. The Morgan fingerprint density at radius 3 is 2.53 bits per heavy atom. The van der Waals surface area contributed by atoms with Crippen LogP contribution in [-0.2, 0) is 0 Å². The third-order valence-electron chi connectivity index (χ3n) is 2.44. The van der Waals surface area contributed by atoms with Crippen LogP contribution >= 0.6 is 22.6 Å². The fraction of sp³-hybridized carbons (Fsp3) is 0. The van der Waals surface area contributed by atoms with Gasteiger partial charge < -0.3 is 11.5 Å². The van der Waals surface area contributed by atoms with Gasteiger partial charge in [0.15, 0.2) is 0 Å². The first kappa shape index (κ1) is 11.9. The maximum absolute atomic E-state index is 11.4. The van der Waals surface area contributed by atoms with Crippen LogP contribution in [0.1, 0.15) is 10.4 Å². The Kier molecular flexibility index (Phi) is 3.33. The fourth-order valence-corrected chi connectivity index (χ4v) is 2.22. The number of halogens is 1. The van der Waals surface area contributed by atoms with Crippen LogP contribution in [0.5, 0.6) is 0 Å². The average molecular weight is 338 g/mol. The molecule has 0 saturated heterocycles. The van der Waals surface area contributed by atoms with Gasteiger partial charge in [0, 0.05) is 14.8 Å². The molecule has 0 aliphatic carbocycles. The highest BCUT2D eigenvalue weighted by molar-refractivity contribution is 14.1. The maximum atomic E-state index is 11.4. The van der Waals surface area contributed by atoms with Gasteiger partial charge in [0.25, 0.3) is 0 Å². The minimum atomic E-state index is -0.467. The molecule has 0 unspecified atom stereocenters. The van der Waals surface area contributed by atoms with Crippen LogP contribution in [-0.4, -0.2) is 5.91 Å². The zero-order valence-corrected chi connectivity index (χ0v) is 11.1. The average Bonchev–Trinajstić information content (AvgIpc) is 2.28. The SMILES string of the molecule is NC(=O)c1cc(N)ccc1-c1cccc(I)c1. The highest BCUT2D eigenvalue weighted by atomic mass is 127. The van der Waals surface area contributed by atoms with Crippen molar-refractivity contribution in [1.29, 1.82) is 0 Å². The molecule has 0 heterocycles. The molecular weight excluding hydrogens is 327 g/mol. The van der Waals surface area contributed by atoms with Crippen molar-refractivity contribution in [2.24, 2.45) is 5.73 Å². The Morgan fingerprint density at radius 1 is 1.12 bits per heavy atom. The number of carbonyl (C=O) groups is 1. The van der Waals surface area contributed by atoms with Crippen molar-refractivity contribution in [3.8, 4) is 11.1 Å². The monoisotopic (exact) mass is 338 g/mol. The lowest BCUT2D eigenvalue weighted by Crippen LogP contribution is -2.12. The Balaban J connectivity index is 2.63. The Hall–Kier alpha value is -1.56. The molecule has 0 aromatic heterocycles. The molecule has 0 fully saturated rings. The van der Waals surface area contributed by atoms with Gasteiger partial charge in [-0.1, -0.05) is 18.2 Å². The third-order valence-corrected chi connectivity index (χ3v) is 3.12. The standard InChI is InChI=1S/C13H11IN2O/c14-9-3-1-2-8(6-9)11-5-4-10(15)7-12(11)13(16)17/h1-7H,15H2,(H2,16,17). The quantitative estimate of drug-likeness (QED) is 0.653. The van der Waals surface area contributed by atoms with E-state index in [1.807, 2.05) is 30.3 Å². The van der Waals surface area contributed by atoms with Crippen LogP contribution in [0.3, 0.4) is 0 Å². The number of hydrogen-bond acceptors (Lipinski definition) is 2. The van der Waals surface area contributed by atoms with Crippen molar-refractivity contribution in [2.45, 2.75) is 0 Å². The molecule has 1 amide bonds. The molecule has 0 aliphatic heterocycles. The molecule has 4 heteroatoms. The number of primary amides is 1. The first-order valence-corrected chi connectivity index (χ1v) is 6.11. The van der Waals surface area contributed by atoms with Gasteiger partial charge in [-0.25, -0.2) is 0 Å². The molecule has 2 aromatic carbocycles. The minimum absolute atomic E-state index is 0.451. The second-order valence-electron chi connectivity index (χ2n) is 3.68. The van der Waals surface area contributed by atoms with E-state index in [-0.39, 0.29) is 0 Å². The van der Waals surface area contributed by atoms with Gasteiger partial charge in [0.2, 0.25) is 5.91 Å². The van der Waals surface area contributed by atoms with Crippen molar-refractivity contribution in [2.75, 3.05) is 5.73 Å². The number of carbonyl (C=O) groups excluding carboxylic acids is 1. The summed E-state index contributed by atoms with van der Waals surface area (Å²) < 4.78 is 1.10. The molecule has 4 N–H and O–H groups in total. The number of hydrogen-bond donors (Lipinski definition) is 2. The molecule has 0 saturated carbocycles. The maximum Gasteiger partial charge on any atom is 0.249 e. The van der Waals surface area contributed by atoms with Crippen LogP contribution in [0.25, 0.3) is 11.1 Å². The third kappa shape index (κ3) is 2.58.